The van der Waals surface area contributed by atoms with Crippen molar-refractivity contribution in [3.63, 3.8) is 0 Å². The van der Waals surface area contributed by atoms with Gasteiger partial charge in [0.1, 0.15) is 11.4 Å². The predicted molar refractivity (Wildman–Crippen MR) is 70.4 cm³/mol. The summed E-state index contributed by atoms with van der Waals surface area (Å²) in [6, 6.07) is 1.45. The predicted octanol–water partition coefficient (Wildman–Crippen LogP) is -0.604. The summed E-state index contributed by atoms with van der Waals surface area (Å²) >= 11 is 0. The first-order valence-electron chi connectivity index (χ1n) is 6.33. The molecule has 0 saturated carbocycles. The molecule has 0 unspecified atom stereocenters. The van der Waals surface area contributed by atoms with Crippen LogP contribution in [0, 0.1) is 0 Å². The molecule has 1 amide bonds. The molecule has 2 N–H and O–H groups in total. The van der Waals surface area contributed by atoms with E-state index < -0.39 is 7.12 Å². The third-order valence-electron chi connectivity index (χ3n) is 3.26. The van der Waals surface area contributed by atoms with E-state index in [9.17, 15) is 4.79 Å². The molecule has 19 heavy (non-hydrogen) atoms. The van der Waals surface area contributed by atoms with Gasteiger partial charge in [-0.1, -0.05) is 0 Å². The van der Waals surface area contributed by atoms with E-state index in [1.165, 1.54) is 19.4 Å². The smallest absolute Gasteiger partial charge is 0.493 e. The van der Waals surface area contributed by atoms with Crippen molar-refractivity contribution in [3.05, 3.63) is 18.0 Å². The molecule has 6 nitrogen and oxygen atoms in total. The van der Waals surface area contributed by atoms with Gasteiger partial charge >= 0.3 is 7.12 Å². The Bertz CT molecular complexity index is 461. The van der Waals surface area contributed by atoms with Crippen LogP contribution in [0.5, 0.6) is 5.75 Å². The van der Waals surface area contributed by atoms with E-state index in [1.807, 2.05) is 0 Å². The van der Waals surface area contributed by atoms with Crippen LogP contribution in [-0.2, 0) is 0 Å². The average molecular weight is 264 g/mol. The van der Waals surface area contributed by atoms with E-state index in [0.717, 1.165) is 32.4 Å². The first-order chi connectivity index (χ1) is 9.13. The Morgan fingerprint density at radius 3 is 2.63 bits per heavy atom. The Morgan fingerprint density at radius 2 is 2.05 bits per heavy atom. The van der Waals surface area contributed by atoms with Crippen LogP contribution in [0.4, 0.5) is 0 Å². The molecule has 1 fully saturated rings. The van der Waals surface area contributed by atoms with Crippen LogP contribution < -0.4 is 10.2 Å². The SMILES string of the molecule is COc1cc(C(=O)N2CCCCC2)ncc1B(O)O. The third kappa shape index (κ3) is 3.05. The zero-order chi connectivity index (χ0) is 13.8. The number of aromatic nitrogens is 1. The largest absolute Gasteiger partial charge is 0.497 e. The van der Waals surface area contributed by atoms with Gasteiger partial charge in [0, 0.05) is 30.8 Å². The number of carbonyl (C=O) groups is 1. The molecular formula is C12H17BN2O4. The molecule has 1 saturated heterocycles. The molecule has 1 aromatic heterocycles. The summed E-state index contributed by atoms with van der Waals surface area (Å²) in [5.74, 6) is 0.113. The normalized spacial score (nSPS) is 15.2. The van der Waals surface area contributed by atoms with E-state index in [-0.39, 0.29) is 22.8 Å². The van der Waals surface area contributed by atoms with E-state index in [1.54, 1.807) is 4.90 Å². The summed E-state index contributed by atoms with van der Waals surface area (Å²) in [5.41, 5.74) is 0.417. The second kappa shape index (κ2) is 6.03. The second-order valence-electron chi connectivity index (χ2n) is 4.54. The van der Waals surface area contributed by atoms with Crippen LogP contribution in [0.25, 0.3) is 0 Å². The molecule has 0 atom stereocenters. The fraction of sp³-hybridized carbons (Fsp3) is 0.500. The molecule has 0 aromatic carbocycles. The summed E-state index contributed by atoms with van der Waals surface area (Å²) in [6.45, 7) is 1.49. The lowest BCUT2D eigenvalue weighted by atomic mass is 9.80. The molecular weight excluding hydrogens is 247 g/mol. The van der Waals surface area contributed by atoms with Crippen LogP contribution in [0.2, 0.25) is 0 Å². The first kappa shape index (κ1) is 13.8. The Hall–Kier alpha value is -1.60. The number of piperidine rings is 1. The number of nitrogens with zero attached hydrogens (tertiary/aromatic N) is 2. The Morgan fingerprint density at radius 1 is 1.37 bits per heavy atom. The van der Waals surface area contributed by atoms with Crippen LogP contribution in [0.3, 0.4) is 0 Å². The molecule has 0 aliphatic carbocycles. The van der Waals surface area contributed by atoms with Crippen molar-refractivity contribution in [1.82, 2.24) is 9.88 Å². The van der Waals surface area contributed by atoms with E-state index in [4.69, 9.17) is 14.8 Å². The molecule has 0 bridgehead atoms. The maximum Gasteiger partial charge on any atom is 0.493 e. The Kier molecular flexibility index (Phi) is 4.39. The monoisotopic (exact) mass is 264 g/mol. The molecule has 0 spiro atoms. The summed E-state index contributed by atoms with van der Waals surface area (Å²) in [7, 11) is -0.252. The number of hydrogen-bond donors (Lipinski definition) is 2. The van der Waals surface area contributed by atoms with Gasteiger partial charge in [0.25, 0.3) is 5.91 Å². The quantitative estimate of drug-likeness (QED) is 0.712. The van der Waals surface area contributed by atoms with Crippen LogP contribution in [0.1, 0.15) is 29.8 Å². The van der Waals surface area contributed by atoms with Crippen molar-refractivity contribution >= 4 is 18.5 Å². The molecule has 2 rings (SSSR count). The van der Waals surface area contributed by atoms with E-state index >= 15 is 0 Å². The van der Waals surface area contributed by atoms with Gasteiger partial charge in [-0.2, -0.15) is 0 Å². The number of hydrogen-bond acceptors (Lipinski definition) is 5. The van der Waals surface area contributed by atoms with Crippen molar-refractivity contribution in [3.8, 4) is 5.75 Å². The van der Waals surface area contributed by atoms with Crippen LogP contribution in [0.15, 0.2) is 12.3 Å². The van der Waals surface area contributed by atoms with Gasteiger partial charge in [0.05, 0.1) is 7.11 Å². The number of rotatable bonds is 3. The van der Waals surface area contributed by atoms with Gasteiger partial charge in [-0.3, -0.25) is 9.78 Å². The Balaban J connectivity index is 2.22. The van der Waals surface area contributed by atoms with Gasteiger partial charge in [-0.25, -0.2) is 0 Å². The van der Waals surface area contributed by atoms with E-state index in [0.29, 0.717) is 0 Å². The van der Waals surface area contributed by atoms with Crippen molar-refractivity contribution in [2.24, 2.45) is 0 Å². The molecule has 102 valence electrons. The summed E-state index contributed by atoms with van der Waals surface area (Å²) in [5, 5.41) is 18.3. The average Bonchev–Trinajstić information content (AvgIpc) is 2.46. The van der Waals surface area contributed by atoms with Gasteiger partial charge in [0.2, 0.25) is 0 Å². The number of carbonyl (C=O) groups excluding carboxylic acids is 1. The highest BCUT2D eigenvalue weighted by molar-refractivity contribution is 6.59. The highest BCUT2D eigenvalue weighted by Gasteiger charge is 2.23. The molecule has 1 aliphatic heterocycles. The van der Waals surface area contributed by atoms with Gasteiger partial charge in [0.15, 0.2) is 0 Å². The highest BCUT2D eigenvalue weighted by atomic mass is 16.5. The molecule has 1 aromatic rings. The molecule has 1 aliphatic rings. The Labute approximate surface area is 112 Å². The number of likely N-dealkylation sites (tertiary alicyclic amines) is 1. The van der Waals surface area contributed by atoms with Gasteiger partial charge in [-0.15, -0.1) is 0 Å². The number of amides is 1. The van der Waals surface area contributed by atoms with Crippen molar-refractivity contribution < 1.29 is 19.6 Å². The standard InChI is InChI=1S/C12H17BN2O4/c1-19-11-7-10(14-8-9(11)13(17)18)12(16)15-5-3-2-4-6-15/h7-8,17-18H,2-6H2,1H3. The third-order valence-corrected chi connectivity index (χ3v) is 3.26. The van der Waals surface area contributed by atoms with Gasteiger partial charge < -0.3 is 19.7 Å². The van der Waals surface area contributed by atoms with Crippen LogP contribution >= 0.6 is 0 Å². The number of ether oxygens (including phenoxy) is 1. The number of methoxy groups -OCH3 is 1. The minimum Gasteiger partial charge on any atom is -0.497 e. The summed E-state index contributed by atoms with van der Waals surface area (Å²) in [6.07, 6.45) is 4.43. The highest BCUT2D eigenvalue weighted by Crippen LogP contribution is 2.14. The van der Waals surface area contributed by atoms with Crippen molar-refractivity contribution in [2.75, 3.05) is 20.2 Å². The summed E-state index contributed by atoms with van der Waals surface area (Å²) < 4.78 is 5.05. The topological polar surface area (TPSA) is 82.9 Å². The first-order valence-corrected chi connectivity index (χ1v) is 6.33. The van der Waals surface area contributed by atoms with Gasteiger partial charge in [-0.05, 0) is 19.3 Å². The minimum absolute atomic E-state index is 0.142. The maximum atomic E-state index is 12.2. The minimum atomic E-state index is -1.67. The lowest BCUT2D eigenvalue weighted by molar-refractivity contribution is 0.0718. The molecule has 2 heterocycles. The van der Waals surface area contributed by atoms with Crippen molar-refractivity contribution in [2.45, 2.75) is 19.3 Å². The van der Waals surface area contributed by atoms with E-state index in [2.05, 4.69) is 4.98 Å². The maximum absolute atomic E-state index is 12.2. The zero-order valence-corrected chi connectivity index (χ0v) is 10.9. The number of pyridine rings is 1. The fourth-order valence-electron chi connectivity index (χ4n) is 2.19. The van der Waals surface area contributed by atoms with Crippen molar-refractivity contribution in [1.29, 1.82) is 0 Å². The molecule has 7 heteroatoms. The lowest BCUT2D eigenvalue weighted by Crippen LogP contribution is -2.37. The molecule has 0 radical (unpaired) electrons. The second-order valence-corrected chi connectivity index (χ2v) is 4.54. The summed E-state index contributed by atoms with van der Waals surface area (Å²) in [4.78, 5) is 18.0. The fourth-order valence-corrected chi connectivity index (χ4v) is 2.19. The van der Waals surface area contributed by atoms with Crippen LogP contribution in [-0.4, -0.2) is 53.2 Å². The zero-order valence-electron chi connectivity index (χ0n) is 10.9. The lowest BCUT2D eigenvalue weighted by Gasteiger charge is -2.26.